The van der Waals surface area contributed by atoms with Crippen LogP contribution in [0.5, 0.6) is 0 Å². The highest BCUT2D eigenvalue weighted by Gasteiger charge is 2.23. The van der Waals surface area contributed by atoms with E-state index in [9.17, 15) is 14.0 Å². The minimum Gasteiger partial charge on any atom is -0.343 e. The van der Waals surface area contributed by atoms with Crippen molar-refractivity contribution in [3.05, 3.63) is 53.6 Å². The van der Waals surface area contributed by atoms with E-state index in [2.05, 4.69) is 5.10 Å². The Labute approximate surface area is 152 Å². The minimum absolute atomic E-state index is 0.0221. The molecular formula is C20H24FN3O2. The van der Waals surface area contributed by atoms with Crippen molar-refractivity contribution in [3.63, 3.8) is 0 Å². The van der Waals surface area contributed by atoms with Crippen molar-refractivity contribution < 1.29 is 14.0 Å². The first-order chi connectivity index (χ1) is 12.5. The number of carbonyl (C=O) groups is 2. The minimum atomic E-state index is -0.370. The molecule has 0 saturated carbocycles. The summed E-state index contributed by atoms with van der Waals surface area (Å²) in [6, 6.07) is 5.46. The molecule has 1 aliphatic rings. The average Bonchev–Trinajstić information content (AvgIpc) is 3.05. The van der Waals surface area contributed by atoms with Gasteiger partial charge in [-0.1, -0.05) is 0 Å². The highest BCUT2D eigenvalue weighted by Crippen LogP contribution is 2.20. The van der Waals surface area contributed by atoms with E-state index in [1.165, 1.54) is 24.3 Å². The lowest BCUT2D eigenvalue weighted by Crippen LogP contribution is -2.39. The van der Waals surface area contributed by atoms with Gasteiger partial charge in [0.25, 0.3) is 0 Å². The molecule has 0 spiro atoms. The Bertz CT molecular complexity index is 762. The summed E-state index contributed by atoms with van der Waals surface area (Å²) in [6.45, 7) is 4.37. The molecule has 1 aliphatic heterocycles. The van der Waals surface area contributed by atoms with E-state index < -0.39 is 0 Å². The Morgan fingerprint density at radius 2 is 1.85 bits per heavy atom. The molecule has 2 heterocycles. The SMILES string of the molecule is Cc1cnn(CC2CCN(C(=O)CCC(=O)c3ccc(F)cc3)CC2)c1. The molecule has 1 fully saturated rings. The molecule has 5 nitrogen and oxygen atoms in total. The number of aryl methyl sites for hydroxylation is 1. The van der Waals surface area contributed by atoms with E-state index in [0.29, 0.717) is 11.5 Å². The number of nitrogens with zero attached hydrogens (tertiary/aromatic N) is 3. The average molecular weight is 357 g/mol. The number of Topliss-reactive ketones (excluding diaryl/α,β-unsaturated/α-hetero) is 1. The zero-order chi connectivity index (χ0) is 18.5. The van der Waals surface area contributed by atoms with E-state index in [-0.39, 0.29) is 30.3 Å². The van der Waals surface area contributed by atoms with Gasteiger partial charge in [0.15, 0.2) is 5.78 Å². The topological polar surface area (TPSA) is 55.2 Å². The number of amides is 1. The van der Waals surface area contributed by atoms with Crippen LogP contribution in [0.3, 0.4) is 0 Å². The molecule has 1 aromatic heterocycles. The van der Waals surface area contributed by atoms with Crippen LogP contribution in [-0.2, 0) is 11.3 Å². The van der Waals surface area contributed by atoms with Gasteiger partial charge in [-0.3, -0.25) is 14.3 Å². The molecule has 0 N–H and O–H groups in total. The Kier molecular flexibility index (Phi) is 5.81. The van der Waals surface area contributed by atoms with Crippen LogP contribution >= 0.6 is 0 Å². The number of piperidine rings is 1. The van der Waals surface area contributed by atoms with Crippen molar-refractivity contribution in [2.24, 2.45) is 5.92 Å². The van der Waals surface area contributed by atoms with Gasteiger partial charge < -0.3 is 4.90 Å². The van der Waals surface area contributed by atoms with E-state index in [1.54, 1.807) is 0 Å². The third-order valence-corrected chi connectivity index (χ3v) is 4.91. The lowest BCUT2D eigenvalue weighted by Gasteiger charge is -2.32. The Morgan fingerprint density at radius 1 is 1.15 bits per heavy atom. The molecule has 2 aromatic rings. The number of aromatic nitrogens is 2. The Morgan fingerprint density at radius 3 is 2.46 bits per heavy atom. The number of rotatable bonds is 6. The number of ketones is 1. The molecule has 26 heavy (non-hydrogen) atoms. The maximum Gasteiger partial charge on any atom is 0.223 e. The molecule has 0 unspecified atom stereocenters. The van der Waals surface area contributed by atoms with Crippen LogP contribution in [0.1, 0.15) is 41.6 Å². The van der Waals surface area contributed by atoms with Crippen LogP contribution in [0.2, 0.25) is 0 Å². The molecule has 3 rings (SSSR count). The van der Waals surface area contributed by atoms with Crippen molar-refractivity contribution in [1.82, 2.24) is 14.7 Å². The highest BCUT2D eigenvalue weighted by atomic mass is 19.1. The quantitative estimate of drug-likeness (QED) is 0.746. The normalized spacial score (nSPS) is 15.2. The van der Waals surface area contributed by atoms with Crippen molar-refractivity contribution in [1.29, 1.82) is 0 Å². The van der Waals surface area contributed by atoms with Crippen LogP contribution in [0.4, 0.5) is 4.39 Å². The number of benzene rings is 1. The van der Waals surface area contributed by atoms with Crippen molar-refractivity contribution in [2.75, 3.05) is 13.1 Å². The number of hydrogen-bond acceptors (Lipinski definition) is 3. The lowest BCUT2D eigenvalue weighted by molar-refractivity contribution is -0.132. The standard InChI is InChI=1S/C20H24FN3O2/c1-15-12-22-24(13-15)14-16-8-10-23(11-9-16)20(26)7-6-19(25)17-2-4-18(21)5-3-17/h2-5,12-13,16H,6-11,14H2,1H3. The second kappa shape index (κ2) is 8.25. The zero-order valence-electron chi connectivity index (χ0n) is 15.0. The molecule has 6 heteroatoms. The predicted molar refractivity (Wildman–Crippen MR) is 96.2 cm³/mol. The fourth-order valence-corrected chi connectivity index (χ4v) is 3.35. The van der Waals surface area contributed by atoms with Gasteiger partial charge in [-0.25, -0.2) is 4.39 Å². The number of likely N-dealkylation sites (tertiary alicyclic amines) is 1. The van der Waals surface area contributed by atoms with Gasteiger partial charge >= 0.3 is 0 Å². The number of halogens is 1. The second-order valence-electron chi connectivity index (χ2n) is 6.99. The van der Waals surface area contributed by atoms with Crippen LogP contribution < -0.4 is 0 Å². The first kappa shape index (κ1) is 18.3. The van der Waals surface area contributed by atoms with Crippen LogP contribution in [-0.4, -0.2) is 39.5 Å². The first-order valence-electron chi connectivity index (χ1n) is 9.07. The molecule has 1 saturated heterocycles. The smallest absolute Gasteiger partial charge is 0.223 e. The second-order valence-corrected chi connectivity index (χ2v) is 6.99. The molecule has 138 valence electrons. The summed E-state index contributed by atoms with van der Waals surface area (Å²) in [5.74, 6) is 0.0566. The number of carbonyl (C=O) groups excluding carboxylic acids is 2. The van der Waals surface area contributed by atoms with Gasteiger partial charge in [0, 0.05) is 44.2 Å². The molecule has 0 radical (unpaired) electrons. The third kappa shape index (κ3) is 4.77. The van der Waals surface area contributed by atoms with E-state index in [0.717, 1.165) is 38.0 Å². The molecule has 1 aromatic carbocycles. The fraction of sp³-hybridized carbons (Fsp3) is 0.450. The van der Waals surface area contributed by atoms with Crippen molar-refractivity contribution >= 4 is 11.7 Å². The van der Waals surface area contributed by atoms with E-state index >= 15 is 0 Å². The van der Waals surface area contributed by atoms with Gasteiger partial charge in [0.1, 0.15) is 5.82 Å². The van der Waals surface area contributed by atoms with Crippen LogP contribution in [0.25, 0.3) is 0 Å². The monoisotopic (exact) mass is 357 g/mol. The first-order valence-corrected chi connectivity index (χ1v) is 9.07. The lowest BCUT2D eigenvalue weighted by atomic mass is 9.96. The molecular weight excluding hydrogens is 333 g/mol. The largest absolute Gasteiger partial charge is 0.343 e. The zero-order valence-corrected chi connectivity index (χ0v) is 15.0. The van der Waals surface area contributed by atoms with Crippen LogP contribution in [0.15, 0.2) is 36.7 Å². The van der Waals surface area contributed by atoms with Gasteiger partial charge in [-0.05, 0) is 55.5 Å². The summed E-state index contributed by atoms with van der Waals surface area (Å²) in [7, 11) is 0. The molecule has 0 bridgehead atoms. The Balaban J connectivity index is 1.42. The van der Waals surface area contributed by atoms with E-state index in [4.69, 9.17) is 0 Å². The van der Waals surface area contributed by atoms with Crippen molar-refractivity contribution in [3.8, 4) is 0 Å². The van der Waals surface area contributed by atoms with E-state index in [1.807, 2.05) is 28.9 Å². The highest BCUT2D eigenvalue weighted by molar-refractivity contribution is 5.97. The maximum absolute atomic E-state index is 12.9. The van der Waals surface area contributed by atoms with Gasteiger partial charge in [-0.15, -0.1) is 0 Å². The van der Waals surface area contributed by atoms with Crippen LogP contribution in [0, 0.1) is 18.7 Å². The summed E-state index contributed by atoms with van der Waals surface area (Å²) < 4.78 is 14.9. The number of hydrogen-bond donors (Lipinski definition) is 0. The summed E-state index contributed by atoms with van der Waals surface area (Å²) in [5.41, 5.74) is 1.61. The molecule has 0 atom stereocenters. The van der Waals surface area contributed by atoms with Gasteiger partial charge in [0.05, 0.1) is 6.20 Å². The predicted octanol–water partition coefficient (Wildman–Crippen LogP) is 3.23. The maximum atomic E-state index is 12.9. The van der Waals surface area contributed by atoms with Gasteiger partial charge in [-0.2, -0.15) is 5.10 Å². The Hall–Kier alpha value is -2.50. The third-order valence-electron chi connectivity index (χ3n) is 4.91. The van der Waals surface area contributed by atoms with Gasteiger partial charge in [0.2, 0.25) is 5.91 Å². The summed E-state index contributed by atoms with van der Waals surface area (Å²) in [6.07, 6.45) is 6.18. The summed E-state index contributed by atoms with van der Waals surface area (Å²) in [5, 5.41) is 4.32. The molecule has 0 aliphatic carbocycles. The summed E-state index contributed by atoms with van der Waals surface area (Å²) in [4.78, 5) is 26.3. The van der Waals surface area contributed by atoms with Crippen molar-refractivity contribution in [2.45, 2.75) is 39.2 Å². The molecule has 1 amide bonds. The summed E-state index contributed by atoms with van der Waals surface area (Å²) >= 11 is 0. The fourth-order valence-electron chi connectivity index (χ4n) is 3.35.